The Morgan fingerprint density at radius 2 is 1.68 bits per heavy atom. The zero-order valence-electron chi connectivity index (χ0n) is 17.3. The Balaban J connectivity index is 1.64. The van der Waals surface area contributed by atoms with E-state index >= 15 is 0 Å². The molecule has 1 nitrogen and oxygen atoms in total. The van der Waals surface area contributed by atoms with Gasteiger partial charge in [-0.2, -0.15) is 0 Å². The van der Waals surface area contributed by atoms with Crippen LogP contribution >= 0.6 is 0 Å². The van der Waals surface area contributed by atoms with Crippen molar-refractivity contribution in [3.05, 3.63) is 21.3 Å². The second-order valence-corrected chi connectivity index (χ2v) is 25.3. The van der Waals surface area contributed by atoms with Crippen LogP contribution in [0, 0.1) is 28.6 Å². The van der Waals surface area contributed by atoms with Crippen LogP contribution in [0.5, 0.6) is 0 Å². The van der Waals surface area contributed by atoms with Crippen molar-refractivity contribution in [2.75, 3.05) is 7.11 Å². The molecule has 0 N–H and O–H groups in total. The molecule has 0 aromatic heterocycles. The summed E-state index contributed by atoms with van der Waals surface area (Å²) in [5, 5.41) is 0. The molecule has 0 radical (unpaired) electrons. The number of hydrogen-bond acceptors (Lipinski definition) is 1. The molecule has 0 bridgehead atoms. The Hall–Kier alpha value is 0.239. The van der Waals surface area contributed by atoms with Crippen LogP contribution in [0.4, 0.5) is 0 Å². The molecule has 4 aliphatic carbocycles. The Bertz CT molecular complexity index is 612. The molecule has 4 aliphatic rings. The van der Waals surface area contributed by atoms with Crippen molar-refractivity contribution in [2.24, 2.45) is 28.6 Å². The molecule has 25 heavy (non-hydrogen) atoms. The SMILES string of the molecule is CO[C@H]1CC[C@@]2(C)C(=CC[C@@H]3[C@@H]2CC[C@]2(C)[C]([Sn]([CH3])([CH3])[CH3])=CC[C@@H]32)C1. The third kappa shape index (κ3) is 2.73. The number of hydrogen-bond donors (Lipinski definition) is 0. The van der Waals surface area contributed by atoms with Crippen LogP contribution in [0.15, 0.2) is 21.3 Å². The standard InChI is InChI=1S/C20H29O.3CH3.Sn/c1-19-10-4-5-17(19)16-7-6-14-13-15(21-3)8-12-20(14,2)18(16)9-11-19;;;;/h4,6,15-18H,5,7-9,11-13H2,1-3H3;3*1H3;/t15-,16-,17-,18-,19-,20-;;;;/m0..../s1. The van der Waals surface area contributed by atoms with Crippen molar-refractivity contribution < 1.29 is 4.74 Å². The van der Waals surface area contributed by atoms with E-state index in [0.29, 0.717) is 16.9 Å². The van der Waals surface area contributed by atoms with Gasteiger partial charge in [0.1, 0.15) is 0 Å². The van der Waals surface area contributed by atoms with Gasteiger partial charge in [-0.3, -0.25) is 0 Å². The predicted molar refractivity (Wildman–Crippen MR) is 109 cm³/mol. The molecule has 6 atom stereocenters. The van der Waals surface area contributed by atoms with Gasteiger partial charge in [0.05, 0.1) is 0 Å². The predicted octanol–water partition coefficient (Wildman–Crippen LogP) is 6.38. The zero-order valence-corrected chi connectivity index (χ0v) is 20.2. The van der Waals surface area contributed by atoms with Gasteiger partial charge in [0.25, 0.3) is 0 Å². The van der Waals surface area contributed by atoms with E-state index in [1.807, 2.05) is 10.7 Å². The molecule has 0 aromatic carbocycles. The van der Waals surface area contributed by atoms with Crippen LogP contribution in [0.1, 0.15) is 58.8 Å². The van der Waals surface area contributed by atoms with Gasteiger partial charge in [-0.1, -0.05) is 0 Å². The summed E-state index contributed by atoms with van der Waals surface area (Å²) < 4.78 is 7.68. The van der Waals surface area contributed by atoms with Crippen LogP contribution in [0.3, 0.4) is 0 Å². The molecule has 4 rings (SSSR count). The third-order valence-corrected chi connectivity index (χ3v) is 15.6. The van der Waals surface area contributed by atoms with Crippen molar-refractivity contribution in [3.8, 4) is 0 Å². The summed E-state index contributed by atoms with van der Waals surface area (Å²) in [6.07, 6.45) is 15.3. The summed E-state index contributed by atoms with van der Waals surface area (Å²) in [4.78, 5) is 7.89. The fourth-order valence-corrected chi connectivity index (χ4v) is 15.4. The first-order chi connectivity index (χ1) is 11.7. The molecular weight excluding hydrogens is 411 g/mol. The third-order valence-electron chi connectivity index (χ3n) is 8.78. The summed E-state index contributed by atoms with van der Waals surface area (Å²) in [7, 11) is 1.90. The average Bonchev–Trinajstić information content (AvgIpc) is 2.91. The molecule has 0 aliphatic heterocycles. The van der Waals surface area contributed by atoms with Crippen molar-refractivity contribution in [3.63, 3.8) is 0 Å². The number of methoxy groups -OCH3 is 1. The fraction of sp³-hybridized carbons (Fsp3) is 0.826. The maximum atomic E-state index is 5.72. The van der Waals surface area contributed by atoms with E-state index in [1.165, 1.54) is 44.9 Å². The number of fused-ring (bicyclic) bond motifs is 5. The van der Waals surface area contributed by atoms with E-state index in [9.17, 15) is 0 Å². The summed E-state index contributed by atoms with van der Waals surface area (Å²) in [6.45, 7) is 5.26. The molecular formula is C23H38OSn. The van der Waals surface area contributed by atoms with Gasteiger partial charge in [-0.05, 0) is 0 Å². The topological polar surface area (TPSA) is 9.23 Å². The first-order valence-electron chi connectivity index (χ1n) is 10.6. The first kappa shape index (κ1) is 18.6. The number of ether oxygens (including phenoxy) is 1. The Morgan fingerprint density at radius 3 is 2.36 bits per heavy atom. The minimum absolute atomic E-state index is 0.465. The van der Waals surface area contributed by atoms with E-state index in [2.05, 4.69) is 40.8 Å². The Morgan fingerprint density at radius 1 is 0.960 bits per heavy atom. The van der Waals surface area contributed by atoms with Crippen LogP contribution < -0.4 is 0 Å². The molecule has 2 fully saturated rings. The maximum absolute atomic E-state index is 5.72. The van der Waals surface area contributed by atoms with Crippen molar-refractivity contribution >= 4 is 18.4 Å². The van der Waals surface area contributed by atoms with Crippen molar-refractivity contribution in [1.29, 1.82) is 0 Å². The van der Waals surface area contributed by atoms with Crippen LogP contribution in [0.25, 0.3) is 0 Å². The quantitative estimate of drug-likeness (QED) is 0.351. The molecule has 0 amide bonds. The number of allylic oxidation sites excluding steroid dienone is 3. The first-order valence-corrected chi connectivity index (χ1v) is 20.6. The van der Waals surface area contributed by atoms with Gasteiger partial charge < -0.3 is 0 Å². The monoisotopic (exact) mass is 450 g/mol. The van der Waals surface area contributed by atoms with E-state index in [1.54, 1.807) is 5.57 Å². The molecule has 0 heterocycles. The second kappa shape index (κ2) is 6.12. The molecule has 0 unspecified atom stereocenters. The van der Waals surface area contributed by atoms with E-state index in [4.69, 9.17) is 4.74 Å². The van der Waals surface area contributed by atoms with Gasteiger partial charge in [0.2, 0.25) is 0 Å². The summed E-state index contributed by atoms with van der Waals surface area (Å²) in [5.74, 6) is 2.77. The Kier molecular flexibility index (Phi) is 4.55. The summed E-state index contributed by atoms with van der Waals surface area (Å²) in [5.41, 5.74) is 2.75. The molecule has 2 heteroatoms. The van der Waals surface area contributed by atoms with Gasteiger partial charge in [-0.25, -0.2) is 0 Å². The second-order valence-electron chi connectivity index (χ2n) is 10.9. The van der Waals surface area contributed by atoms with Gasteiger partial charge in [0, 0.05) is 0 Å². The van der Waals surface area contributed by atoms with E-state index < -0.39 is 18.4 Å². The summed E-state index contributed by atoms with van der Waals surface area (Å²) >= 11 is -1.98. The van der Waals surface area contributed by atoms with Crippen LogP contribution in [-0.4, -0.2) is 31.6 Å². The van der Waals surface area contributed by atoms with Gasteiger partial charge in [0.15, 0.2) is 0 Å². The molecule has 0 saturated heterocycles. The van der Waals surface area contributed by atoms with Gasteiger partial charge >= 0.3 is 160 Å². The molecule has 0 aromatic rings. The molecule has 2 saturated carbocycles. The van der Waals surface area contributed by atoms with E-state index in [0.717, 1.165) is 17.8 Å². The normalized spacial score (nSPS) is 46.6. The minimum atomic E-state index is -1.98. The average molecular weight is 449 g/mol. The summed E-state index contributed by atoms with van der Waals surface area (Å²) in [6, 6.07) is 0. The van der Waals surface area contributed by atoms with Crippen LogP contribution in [-0.2, 0) is 4.74 Å². The molecule has 0 spiro atoms. The van der Waals surface area contributed by atoms with Crippen molar-refractivity contribution in [2.45, 2.75) is 79.7 Å². The van der Waals surface area contributed by atoms with Crippen molar-refractivity contribution in [1.82, 2.24) is 0 Å². The Labute approximate surface area is 159 Å². The molecule has 140 valence electrons. The fourth-order valence-electron chi connectivity index (χ4n) is 7.56. The van der Waals surface area contributed by atoms with Crippen LogP contribution in [0.2, 0.25) is 14.8 Å². The number of rotatable bonds is 2. The zero-order chi connectivity index (χ0) is 18.0. The van der Waals surface area contributed by atoms with E-state index in [-0.39, 0.29) is 0 Å². The van der Waals surface area contributed by atoms with Gasteiger partial charge in [-0.15, -0.1) is 0 Å².